The van der Waals surface area contributed by atoms with Crippen molar-refractivity contribution < 1.29 is 73.2 Å². The third kappa shape index (κ3) is 68.8. The van der Waals surface area contributed by atoms with Crippen LogP contribution in [0.3, 0.4) is 0 Å². The smallest absolute Gasteiger partial charge is 0.305 e. The van der Waals surface area contributed by atoms with Gasteiger partial charge < -0.3 is 39.3 Å². The molecule has 0 rings (SSSR count). The van der Waals surface area contributed by atoms with Crippen molar-refractivity contribution in [2.45, 2.75) is 90.9 Å². The number of carbonyl (C=O) groups is 3. The summed E-state index contributed by atoms with van der Waals surface area (Å²) in [5, 5.41) is 22.9. The zero-order chi connectivity index (χ0) is 52.1. The highest BCUT2D eigenvalue weighted by atomic mass is 32.2. The van der Waals surface area contributed by atoms with Gasteiger partial charge in [0.1, 0.15) is 23.1 Å². The van der Waals surface area contributed by atoms with Gasteiger partial charge in [0.2, 0.25) is 10.0 Å². The Labute approximate surface area is 401 Å². The van der Waals surface area contributed by atoms with Crippen LogP contribution in [-0.2, 0) is 72.5 Å². The molecule has 0 aliphatic carbocycles. The molecule has 0 saturated heterocycles. The molecular formula is C38H77N11O16S3. The van der Waals surface area contributed by atoms with Crippen molar-refractivity contribution in [1.82, 2.24) is 0 Å². The summed E-state index contributed by atoms with van der Waals surface area (Å²) in [6.45, 7) is 8.87. The van der Waals surface area contributed by atoms with Crippen molar-refractivity contribution in [2.75, 3.05) is 134 Å². The summed E-state index contributed by atoms with van der Waals surface area (Å²) < 4.78 is 97.8. The van der Waals surface area contributed by atoms with Gasteiger partial charge in [-0.05, 0) is 48.8 Å². The molecule has 0 aromatic heterocycles. The third-order valence-corrected chi connectivity index (χ3v) is 12.0. The molecule has 0 unspecified atom stereocenters. The number of primary sulfonamides is 1. The van der Waals surface area contributed by atoms with Crippen molar-refractivity contribution >= 4 is 47.2 Å². The molecule has 0 bridgehead atoms. The predicted octanol–water partition coefficient (Wildman–Crippen LogP) is 4.00. The van der Waals surface area contributed by atoms with Crippen molar-refractivity contribution in [3.8, 4) is 0 Å². The lowest BCUT2D eigenvalue weighted by Crippen LogP contribution is -2.21. The fourth-order valence-electron chi connectivity index (χ4n) is 4.50. The van der Waals surface area contributed by atoms with Crippen LogP contribution in [0.15, 0.2) is 15.3 Å². The highest BCUT2D eigenvalue weighted by Crippen LogP contribution is 2.03. The lowest BCUT2D eigenvalue weighted by Gasteiger charge is -2.05. The number of ketones is 2. The number of azide groups is 3. The van der Waals surface area contributed by atoms with E-state index < -0.39 is 47.2 Å². The Bertz CT molecular complexity index is 1650. The lowest BCUT2D eigenvalue weighted by molar-refractivity contribution is -0.138. The van der Waals surface area contributed by atoms with Gasteiger partial charge in [0, 0.05) is 47.2 Å². The number of hydrogen-bond acceptors (Lipinski definition) is 19. The van der Waals surface area contributed by atoms with Crippen molar-refractivity contribution in [3.63, 3.8) is 0 Å². The van der Waals surface area contributed by atoms with Crippen LogP contribution < -0.4 is 10.9 Å². The number of ether oxygens (including phenoxy) is 6. The Morgan fingerprint density at radius 2 is 0.809 bits per heavy atom. The maximum Gasteiger partial charge on any atom is 0.305 e. The number of hydrogen-bond donors (Lipinski definition) is 3. The third-order valence-electron chi connectivity index (χ3n) is 7.84. The number of nitrogens with zero attached hydrogens (tertiary/aromatic N) is 9. The Morgan fingerprint density at radius 1 is 0.485 bits per heavy atom. The van der Waals surface area contributed by atoms with E-state index in [1.54, 1.807) is 0 Å². The van der Waals surface area contributed by atoms with E-state index in [0.29, 0.717) is 98.2 Å². The van der Waals surface area contributed by atoms with E-state index in [0.717, 1.165) is 32.1 Å². The second-order valence-corrected chi connectivity index (χ2v) is 20.2. The maximum absolute atomic E-state index is 11.7. The first-order valence-corrected chi connectivity index (χ1v) is 27.6. The summed E-state index contributed by atoms with van der Waals surface area (Å²) in [4.78, 5) is 40.9. The van der Waals surface area contributed by atoms with Crippen molar-refractivity contribution in [2.24, 2.45) is 26.2 Å². The van der Waals surface area contributed by atoms with Crippen LogP contribution in [0.1, 0.15) is 90.9 Å². The monoisotopic (exact) mass is 1040 g/mol. The maximum atomic E-state index is 11.7. The van der Waals surface area contributed by atoms with Gasteiger partial charge in [0.15, 0.2) is 19.7 Å². The topological polar surface area (TPSA) is 428 Å². The molecule has 0 aromatic rings. The Kier molecular flexibility index (Phi) is 54.8. The number of nitrogens with two attached hydrogens (primary N) is 2. The molecule has 0 spiro atoms. The highest BCUT2D eigenvalue weighted by molar-refractivity contribution is 7.92. The zero-order valence-corrected chi connectivity index (χ0v) is 42.3. The van der Waals surface area contributed by atoms with Gasteiger partial charge in [-0.3, -0.25) is 14.4 Å². The van der Waals surface area contributed by atoms with Gasteiger partial charge in [-0.2, -0.15) is 0 Å². The second kappa shape index (κ2) is 52.6. The van der Waals surface area contributed by atoms with Gasteiger partial charge in [-0.15, -0.1) is 0 Å². The quantitative estimate of drug-likeness (QED) is 0.0336. The SMILES string of the molecule is CCCCCCS(N)(=O)=O.CCCCCS(=O)(=O)CC(=O)CCOCCOCCN=[N+]=[N-].[N-]=[N+]=NCCOCCOCCC(=O)CS(=O)(=O)CCCCN.[N-]=[N+]=NCCOCCOCCC(=O)O. The molecule has 398 valence electrons. The van der Waals surface area contributed by atoms with E-state index in [9.17, 15) is 39.6 Å². The zero-order valence-electron chi connectivity index (χ0n) is 39.8. The molecular weight excluding hydrogens is 963 g/mol. The number of unbranched alkanes of at least 4 members (excludes halogenated alkanes) is 6. The summed E-state index contributed by atoms with van der Waals surface area (Å²) in [5.74, 6) is -2.19. The first-order valence-electron chi connectivity index (χ1n) is 22.2. The summed E-state index contributed by atoms with van der Waals surface area (Å²) in [6.07, 6.45) is 7.55. The number of carbonyl (C=O) groups excluding carboxylic acids is 2. The number of sulfone groups is 2. The molecule has 0 aliphatic heterocycles. The Morgan fingerprint density at radius 3 is 1.13 bits per heavy atom. The summed E-state index contributed by atoms with van der Waals surface area (Å²) in [7, 11) is -9.83. The second-order valence-electron chi connectivity index (χ2n) is 14.1. The molecule has 0 fully saturated rings. The number of aliphatic carboxylic acids is 1. The molecule has 0 atom stereocenters. The largest absolute Gasteiger partial charge is 0.481 e. The summed E-state index contributed by atoms with van der Waals surface area (Å²) in [5.41, 5.74) is 29.3. The molecule has 0 aliphatic rings. The number of rotatable bonds is 44. The van der Waals surface area contributed by atoms with Crippen LogP contribution >= 0.6 is 0 Å². The van der Waals surface area contributed by atoms with Crippen molar-refractivity contribution in [1.29, 1.82) is 0 Å². The van der Waals surface area contributed by atoms with Gasteiger partial charge in [0.25, 0.3) is 0 Å². The molecule has 27 nitrogen and oxygen atoms in total. The lowest BCUT2D eigenvalue weighted by atomic mass is 10.2. The fraction of sp³-hybridized carbons (Fsp3) is 0.921. The molecule has 30 heteroatoms. The molecule has 0 amide bonds. The van der Waals surface area contributed by atoms with Gasteiger partial charge in [-0.25, -0.2) is 30.4 Å². The highest BCUT2D eigenvalue weighted by Gasteiger charge is 2.17. The average molecular weight is 1040 g/mol. The molecule has 5 N–H and O–H groups in total. The minimum atomic E-state index is -3.34. The van der Waals surface area contributed by atoms with Gasteiger partial charge in [0.05, 0.1) is 103 Å². The number of carboxylic acid groups (broad SMARTS) is 1. The van der Waals surface area contributed by atoms with E-state index in [1.807, 2.05) is 6.92 Å². The Hall–Kier alpha value is -3.73. The van der Waals surface area contributed by atoms with E-state index in [1.165, 1.54) is 0 Å². The van der Waals surface area contributed by atoms with E-state index in [-0.39, 0.29) is 81.0 Å². The van der Waals surface area contributed by atoms with Crippen LogP contribution in [0.2, 0.25) is 0 Å². The van der Waals surface area contributed by atoms with Crippen LogP contribution in [0.25, 0.3) is 31.3 Å². The van der Waals surface area contributed by atoms with Gasteiger partial charge >= 0.3 is 5.97 Å². The molecule has 0 radical (unpaired) electrons. The van der Waals surface area contributed by atoms with Crippen molar-refractivity contribution in [3.05, 3.63) is 31.3 Å². The first-order chi connectivity index (χ1) is 32.4. The summed E-state index contributed by atoms with van der Waals surface area (Å²) >= 11 is 0. The molecule has 0 aromatic carbocycles. The number of sulfonamides is 1. The Balaban J connectivity index is -0.000000419. The van der Waals surface area contributed by atoms with Crippen LogP contribution in [0.4, 0.5) is 0 Å². The number of carboxylic acids is 1. The summed E-state index contributed by atoms with van der Waals surface area (Å²) in [6, 6.07) is 0. The minimum absolute atomic E-state index is 0.00126. The van der Waals surface area contributed by atoms with E-state index >= 15 is 0 Å². The molecule has 68 heavy (non-hydrogen) atoms. The van der Waals surface area contributed by atoms with Crippen LogP contribution in [0.5, 0.6) is 0 Å². The standard InChI is InChI=1S/C13H25N3O5S.C12H24N4O5S.C7H13N3O4.C6H15NO2S/c1-2-3-4-11-22(18,19)12-13(17)5-7-20-9-10-21-8-6-15-16-14;13-4-1-2-10-22(18,19)11-12(17)3-6-20-8-9-21-7-5-15-16-14;8-10-9-2-4-14-6-5-13-3-1-7(11)12;1-2-3-4-5-6-10(7,8)9/h2-12H2,1H3;1-11,13H2;1-6H2,(H,11,12);2-6H2,1H3,(H2,7,8,9). The molecule has 0 heterocycles. The predicted molar refractivity (Wildman–Crippen MR) is 256 cm³/mol. The normalized spacial score (nSPS) is 10.9. The van der Waals surface area contributed by atoms with Crippen LogP contribution in [0, 0.1) is 0 Å². The van der Waals surface area contributed by atoms with Gasteiger partial charge in [-0.1, -0.05) is 61.3 Å². The number of Topliss-reactive ketones (excluding diaryl/α,β-unsaturated/α-hetero) is 2. The minimum Gasteiger partial charge on any atom is -0.481 e. The first kappa shape index (κ1) is 70.8. The molecule has 0 saturated carbocycles. The van der Waals surface area contributed by atoms with E-state index in [4.69, 9.17) is 61.0 Å². The van der Waals surface area contributed by atoms with E-state index in [2.05, 4.69) is 37.0 Å². The fourth-order valence-corrected chi connectivity index (χ4v) is 7.95. The average Bonchev–Trinajstić information content (AvgIpc) is 3.26. The van der Waals surface area contributed by atoms with Crippen LogP contribution in [-0.4, -0.2) is 182 Å².